The predicted molar refractivity (Wildman–Crippen MR) is 61.6 cm³/mol. The fraction of sp³-hybridized carbons (Fsp3) is 0.200. The van der Waals surface area contributed by atoms with Gasteiger partial charge in [0.05, 0.1) is 0 Å². The molecule has 0 aliphatic heterocycles. The van der Waals surface area contributed by atoms with E-state index in [9.17, 15) is 18.0 Å². The van der Waals surface area contributed by atoms with Gasteiger partial charge in [0.25, 0.3) is 5.56 Å². The fourth-order valence-electron chi connectivity index (χ4n) is 1.46. The van der Waals surface area contributed by atoms with Crippen molar-refractivity contribution >= 4 is 15.9 Å². The zero-order valence-electron chi connectivity index (χ0n) is 9.05. The Morgan fingerprint density at radius 2 is 2.06 bits per heavy atom. The van der Waals surface area contributed by atoms with Gasteiger partial charge in [-0.2, -0.15) is 13.2 Å². The quantitative estimate of drug-likeness (QED) is 0.877. The fourth-order valence-corrected chi connectivity index (χ4v) is 1.69. The number of aromatic nitrogens is 3. The minimum Gasteiger partial charge on any atom is -0.285 e. The van der Waals surface area contributed by atoms with Gasteiger partial charge < -0.3 is 0 Å². The summed E-state index contributed by atoms with van der Waals surface area (Å²) >= 11 is 3.15. The smallest absolute Gasteiger partial charge is 0.285 e. The van der Waals surface area contributed by atoms with E-state index in [1.54, 1.807) is 6.07 Å². The molecule has 4 nitrogen and oxygen atoms in total. The van der Waals surface area contributed by atoms with E-state index in [4.69, 9.17) is 0 Å². The molecule has 0 saturated carbocycles. The lowest BCUT2D eigenvalue weighted by Gasteiger charge is -2.04. The maximum absolute atomic E-state index is 12.6. The van der Waals surface area contributed by atoms with Gasteiger partial charge in [0.15, 0.2) is 5.82 Å². The first-order valence-electron chi connectivity index (χ1n) is 4.81. The van der Waals surface area contributed by atoms with Gasteiger partial charge in [0.1, 0.15) is 5.69 Å². The molecule has 0 atom stereocenters. The largest absolute Gasteiger partial charge is 0.433 e. The van der Waals surface area contributed by atoms with Gasteiger partial charge in [-0.1, -0.05) is 0 Å². The van der Waals surface area contributed by atoms with E-state index in [2.05, 4.69) is 20.9 Å². The third-order valence-corrected chi connectivity index (χ3v) is 2.82. The van der Waals surface area contributed by atoms with Crippen LogP contribution in [0.3, 0.4) is 0 Å². The summed E-state index contributed by atoms with van der Waals surface area (Å²) in [5.74, 6) is 0.0989. The Kier molecular flexibility index (Phi) is 3.05. The molecule has 0 saturated heterocycles. The lowest BCUT2D eigenvalue weighted by Crippen LogP contribution is -2.16. The summed E-state index contributed by atoms with van der Waals surface area (Å²) < 4.78 is 39.3. The van der Waals surface area contributed by atoms with Crippen molar-refractivity contribution in [2.24, 2.45) is 0 Å². The molecule has 18 heavy (non-hydrogen) atoms. The van der Waals surface area contributed by atoms with Crippen LogP contribution in [0.1, 0.15) is 11.3 Å². The van der Waals surface area contributed by atoms with Crippen molar-refractivity contribution in [2.45, 2.75) is 13.1 Å². The number of nitrogens with one attached hydrogen (secondary N) is 1. The minimum absolute atomic E-state index is 0.0989. The molecule has 8 heteroatoms. The summed E-state index contributed by atoms with van der Waals surface area (Å²) in [5.41, 5.74) is -2.21. The monoisotopic (exact) mass is 321 g/mol. The van der Waals surface area contributed by atoms with E-state index in [1.165, 1.54) is 12.3 Å². The van der Waals surface area contributed by atoms with Crippen LogP contribution in [0.5, 0.6) is 0 Å². The Labute approximate surface area is 108 Å². The van der Waals surface area contributed by atoms with E-state index in [0.29, 0.717) is 4.47 Å². The second kappa shape index (κ2) is 4.27. The lowest BCUT2D eigenvalue weighted by molar-refractivity contribution is -0.141. The van der Waals surface area contributed by atoms with Crippen molar-refractivity contribution in [3.8, 4) is 5.82 Å². The summed E-state index contributed by atoms with van der Waals surface area (Å²) in [6.07, 6.45) is -3.20. The van der Waals surface area contributed by atoms with Crippen LogP contribution in [0.4, 0.5) is 13.2 Å². The third-order valence-electron chi connectivity index (χ3n) is 2.35. The molecular weight excluding hydrogens is 315 g/mol. The summed E-state index contributed by atoms with van der Waals surface area (Å²) in [5, 5.41) is 2.03. The molecule has 2 aromatic heterocycles. The second-order valence-corrected chi connectivity index (χ2v) is 4.50. The van der Waals surface area contributed by atoms with Crippen molar-refractivity contribution < 1.29 is 13.2 Å². The first kappa shape index (κ1) is 12.9. The number of pyridine rings is 1. The van der Waals surface area contributed by atoms with E-state index in [-0.39, 0.29) is 11.4 Å². The number of alkyl halides is 3. The van der Waals surface area contributed by atoms with Crippen molar-refractivity contribution in [1.29, 1.82) is 0 Å². The maximum Gasteiger partial charge on any atom is 0.433 e. The standard InChI is InChI=1S/C10H7BrF3N3O/c1-5-8(10(12,13)14)16-17(9(5)18)7-3-2-6(11)4-15-7/h2-4,16H,1H3. The molecule has 2 rings (SSSR count). The number of hydrogen-bond acceptors (Lipinski definition) is 2. The van der Waals surface area contributed by atoms with Crippen LogP contribution in [0.2, 0.25) is 0 Å². The highest BCUT2D eigenvalue weighted by molar-refractivity contribution is 9.10. The maximum atomic E-state index is 12.6. The molecule has 0 amide bonds. The van der Waals surface area contributed by atoms with Gasteiger partial charge >= 0.3 is 6.18 Å². The molecule has 0 unspecified atom stereocenters. The molecule has 0 bridgehead atoms. The van der Waals surface area contributed by atoms with Crippen LogP contribution in [0, 0.1) is 6.92 Å². The molecule has 0 aliphatic rings. The van der Waals surface area contributed by atoms with Crippen molar-refractivity contribution in [2.75, 3.05) is 0 Å². The highest BCUT2D eigenvalue weighted by Gasteiger charge is 2.36. The Morgan fingerprint density at radius 3 is 2.50 bits per heavy atom. The van der Waals surface area contributed by atoms with E-state index in [0.717, 1.165) is 11.6 Å². The van der Waals surface area contributed by atoms with E-state index >= 15 is 0 Å². The van der Waals surface area contributed by atoms with E-state index in [1.807, 2.05) is 5.10 Å². The molecule has 2 aromatic rings. The van der Waals surface area contributed by atoms with Gasteiger partial charge in [-0.3, -0.25) is 9.89 Å². The number of nitrogens with zero attached hydrogens (tertiary/aromatic N) is 2. The third kappa shape index (κ3) is 2.20. The minimum atomic E-state index is -4.59. The summed E-state index contributed by atoms with van der Waals surface area (Å²) in [4.78, 5) is 15.6. The Balaban J connectivity index is 2.60. The number of aromatic amines is 1. The first-order chi connectivity index (χ1) is 8.30. The highest BCUT2D eigenvalue weighted by Crippen LogP contribution is 2.29. The lowest BCUT2D eigenvalue weighted by atomic mass is 10.3. The van der Waals surface area contributed by atoms with Gasteiger partial charge in [-0.05, 0) is 35.0 Å². The molecule has 0 fully saturated rings. The number of halogens is 4. The summed E-state index contributed by atoms with van der Waals surface area (Å²) in [6, 6.07) is 3.01. The van der Waals surface area contributed by atoms with Crippen molar-refractivity contribution in [3.63, 3.8) is 0 Å². The van der Waals surface area contributed by atoms with Crippen LogP contribution >= 0.6 is 15.9 Å². The molecule has 1 N–H and O–H groups in total. The molecule has 96 valence electrons. The average Bonchev–Trinajstić information content (AvgIpc) is 2.57. The summed E-state index contributed by atoms with van der Waals surface area (Å²) in [7, 11) is 0. The normalized spacial score (nSPS) is 11.8. The van der Waals surface area contributed by atoms with Gasteiger partial charge in [-0.15, -0.1) is 0 Å². The van der Waals surface area contributed by atoms with Gasteiger partial charge in [0, 0.05) is 16.2 Å². The predicted octanol–water partition coefficient (Wildman–Crippen LogP) is 2.65. The van der Waals surface area contributed by atoms with Crippen molar-refractivity contribution in [3.05, 3.63) is 44.4 Å². The molecule has 0 aliphatic carbocycles. The van der Waals surface area contributed by atoms with Crippen LogP contribution in [0.25, 0.3) is 5.82 Å². The average molecular weight is 322 g/mol. The molecular formula is C10H7BrF3N3O. The zero-order chi connectivity index (χ0) is 13.5. The Morgan fingerprint density at radius 1 is 1.39 bits per heavy atom. The number of rotatable bonds is 1. The van der Waals surface area contributed by atoms with Crippen LogP contribution in [0.15, 0.2) is 27.6 Å². The SMILES string of the molecule is Cc1c(C(F)(F)F)[nH]n(-c2ccc(Br)cn2)c1=O. The highest BCUT2D eigenvalue weighted by atomic mass is 79.9. The molecule has 0 radical (unpaired) electrons. The van der Waals surface area contributed by atoms with E-state index < -0.39 is 17.4 Å². The topological polar surface area (TPSA) is 50.7 Å². The molecule has 2 heterocycles. The second-order valence-electron chi connectivity index (χ2n) is 3.58. The first-order valence-corrected chi connectivity index (χ1v) is 5.61. The van der Waals surface area contributed by atoms with Crippen LogP contribution in [-0.2, 0) is 6.18 Å². The van der Waals surface area contributed by atoms with Crippen LogP contribution in [-0.4, -0.2) is 14.8 Å². The zero-order valence-corrected chi connectivity index (χ0v) is 10.6. The number of hydrogen-bond donors (Lipinski definition) is 1. The van der Waals surface area contributed by atoms with Gasteiger partial charge in [-0.25, -0.2) is 9.67 Å². The number of H-pyrrole nitrogens is 1. The van der Waals surface area contributed by atoms with Gasteiger partial charge in [0.2, 0.25) is 0 Å². The summed E-state index contributed by atoms with van der Waals surface area (Å²) in [6.45, 7) is 1.12. The van der Waals surface area contributed by atoms with Crippen LogP contribution < -0.4 is 5.56 Å². The van der Waals surface area contributed by atoms with Crippen molar-refractivity contribution in [1.82, 2.24) is 14.8 Å². The Hall–Kier alpha value is -1.57. The Bertz CT molecular complexity index is 627. The molecule has 0 spiro atoms. The molecule has 0 aromatic carbocycles.